The summed E-state index contributed by atoms with van der Waals surface area (Å²) in [7, 11) is 0. The van der Waals surface area contributed by atoms with Crippen molar-refractivity contribution in [3.8, 4) is 0 Å². The van der Waals surface area contributed by atoms with Gasteiger partial charge in [-0.1, -0.05) is 12.1 Å². The van der Waals surface area contributed by atoms with Gasteiger partial charge in [-0.25, -0.2) is 0 Å². The van der Waals surface area contributed by atoms with Crippen LogP contribution in [0.2, 0.25) is 0 Å². The molecule has 1 aliphatic heterocycles. The second kappa shape index (κ2) is 12.7. The number of hydrogen-bond acceptors (Lipinski definition) is 5. The van der Waals surface area contributed by atoms with Crippen LogP contribution in [0.4, 0.5) is 5.69 Å². The Balaban J connectivity index is 1.24. The molecule has 1 aromatic heterocycles. The van der Waals surface area contributed by atoms with Crippen LogP contribution in [0.3, 0.4) is 0 Å². The molecule has 0 aliphatic carbocycles. The standard InChI is InChI=1S/C37H28N2O4SSe/c40-24-43-23-22-38-31-19-18-25-10-4-5-11-26(25)37(31)45-33(38)17-3-1-2-16-32-39(21-20-34(41)42)35-29-14-8-6-12-27(29)28-13-7-9-15-30(28)36(35)44-32/h1-19,24H,20-23H2/p+1. The number of carbonyl (C=O) groups excluding carboxylic acids is 1. The van der Waals surface area contributed by atoms with E-state index in [-0.39, 0.29) is 21.4 Å². The maximum atomic E-state index is 11.6. The number of aliphatic carboxylic acids is 1. The van der Waals surface area contributed by atoms with Crippen molar-refractivity contribution in [1.29, 1.82) is 0 Å². The second-order valence-corrected chi connectivity index (χ2v) is 13.8. The molecule has 6 aromatic rings. The van der Waals surface area contributed by atoms with E-state index in [1.807, 2.05) is 18.2 Å². The summed E-state index contributed by atoms with van der Waals surface area (Å²) < 4.78 is 10.9. The number of nitrogens with zero attached hydrogens (tertiary/aromatic N) is 2. The van der Waals surface area contributed by atoms with E-state index in [0.29, 0.717) is 26.2 Å². The molecule has 8 heteroatoms. The van der Waals surface area contributed by atoms with Crippen LogP contribution in [-0.4, -0.2) is 45.7 Å². The summed E-state index contributed by atoms with van der Waals surface area (Å²) >= 11 is 1.79. The first kappa shape index (κ1) is 29.0. The summed E-state index contributed by atoms with van der Waals surface area (Å²) in [6.07, 6.45) is 10.4. The first-order valence-corrected chi connectivity index (χ1v) is 17.2. The fourth-order valence-corrected chi connectivity index (χ4v) is 9.84. The van der Waals surface area contributed by atoms with Gasteiger partial charge < -0.3 is 0 Å². The summed E-state index contributed by atoms with van der Waals surface area (Å²) in [5.41, 5.74) is 2.25. The van der Waals surface area contributed by atoms with Crippen molar-refractivity contribution in [2.45, 2.75) is 13.0 Å². The van der Waals surface area contributed by atoms with Crippen LogP contribution in [0.5, 0.6) is 0 Å². The number of ether oxygens (including phenoxy) is 1. The molecular formula is C37H29N2O4SSe+. The Morgan fingerprint density at radius 1 is 0.867 bits per heavy atom. The molecule has 0 saturated heterocycles. The van der Waals surface area contributed by atoms with Crippen molar-refractivity contribution in [2.24, 2.45) is 0 Å². The molecule has 0 amide bonds. The average Bonchev–Trinajstić information content (AvgIpc) is 3.62. The van der Waals surface area contributed by atoms with Crippen LogP contribution in [0, 0.1) is 0 Å². The first-order chi connectivity index (χ1) is 22.1. The van der Waals surface area contributed by atoms with E-state index in [2.05, 4.69) is 107 Å². The van der Waals surface area contributed by atoms with Crippen molar-refractivity contribution in [2.75, 3.05) is 18.1 Å². The van der Waals surface area contributed by atoms with Gasteiger partial charge in [0.2, 0.25) is 0 Å². The summed E-state index contributed by atoms with van der Waals surface area (Å²) in [5.74, 6) is -0.816. The fourth-order valence-electron chi connectivity index (χ4n) is 6.00. The van der Waals surface area contributed by atoms with Gasteiger partial charge in [-0.15, -0.1) is 0 Å². The molecule has 0 spiro atoms. The number of aryl methyl sites for hydroxylation is 1. The zero-order valence-electron chi connectivity index (χ0n) is 24.3. The Bertz CT molecular complexity index is 2200. The molecule has 0 saturated carbocycles. The summed E-state index contributed by atoms with van der Waals surface area (Å²) in [6.45, 7) is 1.80. The van der Waals surface area contributed by atoms with Crippen LogP contribution in [0.25, 0.3) is 48.6 Å². The van der Waals surface area contributed by atoms with Crippen molar-refractivity contribution < 1.29 is 24.0 Å². The quantitative estimate of drug-likeness (QED) is 0.0445. The Hall–Kier alpha value is -4.75. The molecule has 0 unspecified atom stereocenters. The van der Waals surface area contributed by atoms with Crippen molar-refractivity contribution in [3.63, 3.8) is 0 Å². The van der Waals surface area contributed by atoms with Gasteiger partial charge in [-0.3, -0.25) is 0 Å². The van der Waals surface area contributed by atoms with E-state index < -0.39 is 5.97 Å². The van der Waals surface area contributed by atoms with Crippen LogP contribution < -0.4 is 13.9 Å². The van der Waals surface area contributed by atoms with Gasteiger partial charge in [0.1, 0.15) is 0 Å². The second-order valence-electron chi connectivity index (χ2n) is 10.6. The minimum atomic E-state index is -0.816. The Morgan fingerprint density at radius 3 is 2.36 bits per heavy atom. The van der Waals surface area contributed by atoms with Crippen molar-refractivity contribution >= 4 is 97.5 Å². The molecule has 0 radical (unpaired) electrons. The van der Waals surface area contributed by atoms with E-state index in [0.717, 1.165) is 20.6 Å². The van der Waals surface area contributed by atoms with Gasteiger partial charge in [0.15, 0.2) is 0 Å². The third-order valence-electron chi connectivity index (χ3n) is 7.97. The Morgan fingerprint density at radius 2 is 1.58 bits per heavy atom. The van der Waals surface area contributed by atoms with Gasteiger partial charge >= 0.3 is 259 Å². The molecule has 0 fully saturated rings. The van der Waals surface area contributed by atoms with E-state index in [1.165, 1.54) is 41.7 Å². The monoisotopic (exact) mass is 677 g/mol. The van der Waals surface area contributed by atoms with E-state index >= 15 is 0 Å². The number of fused-ring (bicyclic) bond motifs is 9. The molecule has 1 aliphatic rings. The minimum absolute atomic E-state index is 0.0431. The molecule has 222 valence electrons. The number of carboxylic acid groups (broad SMARTS) is 1. The van der Waals surface area contributed by atoms with Gasteiger partial charge in [0.05, 0.1) is 0 Å². The van der Waals surface area contributed by atoms with Gasteiger partial charge in [-0.05, 0) is 0 Å². The summed E-state index contributed by atoms with van der Waals surface area (Å²) in [6, 6.07) is 29.6. The Labute approximate surface area is 270 Å². The normalized spacial score (nSPS) is 14.1. The molecule has 0 bridgehead atoms. The molecule has 7 rings (SSSR count). The van der Waals surface area contributed by atoms with Crippen LogP contribution >= 0.6 is 11.3 Å². The molecule has 0 atom stereocenters. The SMILES string of the molecule is O=COCCN1\C(=C/C=C/C=C/c2sc3c4ccccc4c4ccccc4c3[n+]2CCC(=O)O)[Se]c2c1ccc1ccccc21. The number of carbonyl (C=O) groups is 2. The van der Waals surface area contributed by atoms with Crippen molar-refractivity contribution in [1.82, 2.24) is 0 Å². The van der Waals surface area contributed by atoms with E-state index in [4.69, 9.17) is 4.74 Å². The number of benzene rings is 5. The fraction of sp³-hybridized carbons (Fsp3) is 0.108. The molecule has 2 heterocycles. The van der Waals surface area contributed by atoms with E-state index in [9.17, 15) is 14.7 Å². The number of allylic oxidation sites excluding steroid dienone is 4. The van der Waals surface area contributed by atoms with Gasteiger partial charge in [0.25, 0.3) is 0 Å². The van der Waals surface area contributed by atoms with Crippen LogP contribution in [-0.2, 0) is 20.9 Å². The van der Waals surface area contributed by atoms with Crippen LogP contribution in [0.1, 0.15) is 11.4 Å². The zero-order valence-corrected chi connectivity index (χ0v) is 26.8. The van der Waals surface area contributed by atoms with Gasteiger partial charge in [0, 0.05) is 0 Å². The number of rotatable bonds is 10. The number of aromatic nitrogens is 1. The van der Waals surface area contributed by atoms with Crippen LogP contribution in [0.15, 0.2) is 114 Å². The Kier molecular flexibility index (Phi) is 8.18. The van der Waals surface area contributed by atoms with Crippen molar-refractivity contribution in [3.05, 3.63) is 119 Å². The number of hydrogen-bond donors (Lipinski definition) is 1. The third kappa shape index (κ3) is 5.53. The number of thiazole rings is 1. The summed E-state index contributed by atoms with van der Waals surface area (Å²) in [4.78, 5) is 24.7. The third-order valence-corrected chi connectivity index (χ3v) is 11.7. The zero-order chi connectivity index (χ0) is 30.8. The maximum absolute atomic E-state index is 11.6. The average molecular weight is 677 g/mol. The molecule has 6 nitrogen and oxygen atoms in total. The topological polar surface area (TPSA) is 70.7 Å². The van der Waals surface area contributed by atoms with Gasteiger partial charge in [-0.2, -0.15) is 0 Å². The molecule has 1 N–H and O–H groups in total. The summed E-state index contributed by atoms with van der Waals surface area (Å²) in [5, 5.41) is 17.7. The molecule has 45 heavy (non-hydrogen) atoms. The first-order valence-electron chi connectivity index (χ1n) is 14.7. The number of anilines is 1. The molecular weight excluding hydrogens is 647 g/mol. The number of carboxylic acids is 1. The predicted octanol–water partition coefficient (Wildman–Crippen LogP) is 6.56. The molecule has 5 aromatic carbocycles. The predicted molar refractivity (Wildman–Crippen MR) is 184 cm³/mol. The van der Waals surface area contributed by atoms with E-state index in [1.54, 1.807) is 11.3 Å².